The number of rotatable bonds is 4. The number of nitrogens with zero attached hydrogens (tertiary/aromatic N) is 3. The minimum absolute atomic E-state index is 0.103. The van der Waals surface area contributed by atoms with Crippen LogP contribution in [0.25, 0.3) is 28.2 Å². The maximum atomic E-state index is 13.5. The van der Waals surface area contributed by atoms with Gasteiger partial charge in [0, 0.05) is 18.2 Å². The van der Waals surface area contributed by atoms with Crippen LogP contribution in [0.15, 0.2) is 77.6 Å². The van der Waals surface area contributed by atoms with Gasteiger partial charge in [0.1, 0.15) is 11.6 Å². The minimum atomic E-state index is -0.207. The molecular weight excluding hydrogens is 402 g/mol. The van der Waals surface area contributed by atoms with Crippen molar-refractivity contribution >= 4 is 34.1 Å². The molecule has 0 unspecified atom stereocenters. The van der Waals surface area contributed by atoms with E-state index in [0.29, 0.717) is 40.3 Å². The van der Waals surface area contributed by atoms with Crippen LogP contribution in [0.5, 0.6) is 5.75 Å². The predicted molar refractivity (Wildman–Crippen MR) is 126 cm³/mol. The Morgan fingerprint density at radius 3 is 2.56 bits per heavy atom. The fourth-order valence-corrected chi connectivity index (χ4v) is 4.14. The monoisotopic (exact) mass is 423 g/mol. The van der Waals surface area contributed by atoms with E-state index in [4.69, 9.17) is 9.72 Å². The second-order valence-electron chi connectivity index (χ2n) is 7.45. The van der Waals surface area contributed by atoms with Gasteiger partial charge in [0.15, 0.2) is 0 Å². The highest BCUT2D eigenvalue weighted by Crippen LogP contribution is 2.37. The van der Waals surface area contributed by atoms with Crippen molar-refractivity contribution in [1.29, 1.82) is 0 Å². The summed E-state index contributed by atoms with van der Waals surface area (Å²) in [6.07, 6.45) is 1.71. The Morgan fingerprint density at radius 1 is 0.969 bits per heavy atom. The van der Waals surface area contributed by atoms with Crippen molar-refractivity contribution in [1.82, 2.24) is 9.55 Å². The van der Waals surface area contributed by atoms with Crippen LogP contribution >= 0.6 is 0 Å². The zero-order chi connectivity index (χ0) is 22.2. The van der Waals surface area contributed by atoms with Crippen molar-refractivity contribution in [2.24, 2.45) is 0 Å². The highest BCUT2D eigenvalue weighted by atomic mass is 16.5. The number of likely N-dealkylation sites (N-methyl/N-ethyl adjacent to an activating group) is 1. The SMILES string of the molecule is CCN1C(=O)C(=Cc2nc3ccccc3c(=O)n2-c2cccc(OC)c2)c2ccccc21. The largest absolute Gasteiger partial charge is 0.497 e. The van der Waals surface area contributed by atoms with Gasteiger partial charge in [-0.05, 0) is 43.3 Å². The summed E-state index contributed by atoms with van der Waals surface area (Å²) in [6, 6.07) is 22.1. The summed E-state index contributed by atoms with van der Waals surface area (Å²) in [5.74, 6) is 0.909. The summed E-state index contributed by atoms with van der Waals surface area (Å²) in [5, 5.41) is 0.505. The number of para-hydroxylation sites is 2. The summed E-state index contributed by atoms with van der Waals surface area (Å²) in [7, 11) is 1.58. The van der Waals surface area contributed by atoms with Gasteiger partial charge in [-0.15, -0.1) is 0 Å². The van der Waals surface area contributed by atoms with Gasteiger partial charge < -0.3 is 9.64 Å². The Morgan fingerprint density at radius 2 is 1.75 bits per heavy atom. The lowest BCUT2D eigenvalue weighted by atomic mass is 10.1. The maximum Gasteiger partial charge on any atom is 0.266 e. The summed E-state index contributed by atoms with van der Waals surface area (Å²) in [6.45, 7) is 2.50. The molecule has 0 bridgehead atoms. The Kier molecular flexibility index (Phi) is 4.82. The van der Waals surface area contributed by atoms with Gasteiger partial charge in [0.05, 0.1) is 35.0 Å². The Labute approximate surface area is 185 Å². The van der Waals surface area contributed by atoms with E-state index < -0.39 is 0 Å². The van der Waals surface area contributed by atoms with Crippen LogP contribution < -0.4 is 15.2 Å². The smallest absolute Gasteiger partial charge is 0.266 e. The summed E-state index contributed by atoms with van der Waals surface area (Å²) < 4.78 is 6.89. The lowest BCUT2D eigenvalue weighted by Gasteiger charge is -2.14. The van der Waals surface area contributed by atoms with Gasteiger partial charge in [-0.2, -0.15) is 0 Å². The third kappa shape index (κ3) is 3.08. The fourth-order valence-electron chi connectivity index (χ4n) is 4.14. The number of aromatic nitrogens is 2. The lowest BCUT2D eigenvalue weighted by Crippen LogP contribution is -2.26. The second kappa shape index (κ2) is 7.81. The average Bonchev–Trinajstić information content (AvgIpc) is 3.10. The van der Waals surface area contributed by atoms with Gasteiger partial charge in [-0.25, -0.2) is 4.98 Å². The van der Waals surface area contributed by atoms with E-state index in [0.717, 1.165) is 11.3 Å². The van der Waals surface area contributed by atoms with Gasteiger partial charge in [-0.1, -0.05) is 36.4 Å². The summed E-state index contributed by atoms with van der Waals surface area (Å²) >= 11 is 0. The molecule has 4 aromatic rings. The molecule has 1 amide bonds. The van der Waals surface area contributed by atoms with Gasteiger partial charge >= 0.3 is 0 Å². The van der Waals surface area contributed by atoms with Crippen molar-refractivity contribution in [2.75, 3.05) is 18.6 Å². The number of amides is 1. The molecule has 0 radical (unpaired) electrons. The number of ether oxygens (including phenoxy) is 1. The molecule has 0 atom stereocenters. The number of methoxy groups -OCH3 is 1. The van der Waals surface area contributed by atoms with E-state index in [2.05, 4.69) is 0 Å². The van der Waals surface area contributed by atoms with Crippen LogP contribution in [0, 0.1) is 0 Å². The third-order valence-electron chi connectivity index (χ3n) is 5.66. The van der Waals surface area contributed by atoms with Crippen LogP contribution in [0.4, 0.5) is 5.69 Å². The molecule has 5 rings (SSSR count). The molecule has 0 spiro atoms. The lowest BCUT2D eigenvalue weighted by molar-refractivity contribution is -0.112. The Hall–Kier alpha value is -4.19. The predicted octanol–water partition coefficient (Wildman–Crippen LogP) is 4.30. The molecule has 0 saturated carbocycles. The first-order valence-corrected chi connectivity index (χ1v) is 10.4. The zero-order valence-corrected chi connectivity index (χ0v) is 17.8. The fraction of sp³-hybridized carbons (Fsp3) is 0.115. The molecule has 6 heteroatoms. The molecule has 6 nitrogen and oxygen atoms in total. The quantitative estimate of drug-likeness (QED) is 0.459. The van der Waals surface area contributed by atoms with E-state index >= 15 is 0 Å². The third-order valence-corrected chi connectivity index (χ3v) is 5.66. The molecular formula is C26H21N3O3. The van der Waals surface area contributed by atoms with Gasteiger partial charge in [-0.3, -0.25) is 14.2 Å². The van der Waals surface area contributed by atoms with E-state index in [1.54, 1.807) is 36.3 Å². The molecule has 0 saturated heterocycles. The molecule has 3 aromatic carbocycles. The van der Waals surface area contributed by atoms with E-state index in [1.807, 2.05) is 61.5 Å². The van der Waals surface area contributed by atoms with E-state index in [-0.39, 0.29) is 11.5 Å². The minimum Gasteiger partial charge on any atom is -0.497 e. The van der Waals surface area contributed by atoms with Crippen molar-refractivity contribution in [3.05, 3.63) is 94.5 Å². The van der Waals surface area contributed by atoms with Crippen LogP contribution in [-0.4, -0.2) is 29.1 Å². The number of carbonyl (C=O) groups is 1. The number of hydrogen-bond acceptors (Lipinski definition) is 4. The molecule has 0 N–H and O–H groups in total. The van der Waals surface area contributed by atoms with E-state index in [1.165, 1.54) is 4.57 Å². The van der Waals surface area contributed by atoms with Crippen LogP contribution in [-0.2, 0) is 4.79 Å². The molecule has 1 aromatic heterocycles. The van der Waals surface area contributed by atoms with E-state index in [9.17, 15) is 9.59 Å². The van der Waals surface area contributed by atoms with Crippen molar-refractivity contribution in [2.45, 2.75) is 6.92 Å². The highest BCUT2D eigenvalue weighted by molar-refractivity contribution is 6.35. The standard InChI is InChI=1S/C26H21N3O3/c1-3-28-23-14-7-5-11-19(23)21(25(28)30)16-24-27-22-13-6-4-12-20(22)26(31)29(24)17-9-8-10-18(15-17)32-2/h4-16H,3H2,1-2H3. The Bertz CT molecular complexity index is 1450. The number of anilines is 1. The second-order valence-corrected chi connectivity index (χ2v) is 7.45. The van der Waals surface area contributed by atoms with Crippen molar-refractivity contribution in [3.8, 4) is 11.4 Å². The number of benzene rings is 3. The number of carbonyl (C=O) groups excluding carboxylic acids is 1. The summed E-state index contributed by atoms with van der Waals surface area (Å²) in [5.41, 5.74) is 3.20. The maximum absolute atomic E-state index is 13.5. The summed E-state index contributed by atoms with van der Waals surface area (Å²) in [4.78, 5) is 33.2. The topological polar surface area (TPSA) is 64.4 Å². The first-order valence-electron chi connectivity index (χ1n) is 10.4. The normalized spacial score (nSPS) is 14.2. The Balaban J connectivity index is 1.81. The van der Waals surface area contributed by atoms with Crippen molar-refractivity contribution < 1.29 is 9.53 Å². The average molecular weight is 423 g/mol. The van der Waals surface area contributed by atoms with Crippen LogP contribution in [0.2, 0.25) is 0 Å². The molecule has 2 heterocycles. The first kappa shape index (κ1) is 19.8. The van der Waals surface area contributed by atoms with Crippen LogP contribution in [0.3, 0.4) is 0 Å². The zero-order valence-electron chi connectivity index (χ0n) is 17.8. The highest BCUT2D eigenvalue weighted by Gasteiger charge is 2.31. The van der Waals surface area contributed by atoms with Crippen molar-refractivity contribution in [3.63, 3.8) is 0 Å². The molecule has 32 heavy (non-hydrogen) atoms. The van der Waals surface area contributed by atoms with Gasteiger partial charge in [0.25, 0.3) is 11.5 Å². The molecule has 1 aliphatic heterocycles. The number of fused-ring (bicyclic) bond motifs is 2. The number of hydrogen-bond donors (Lipinski definition) is 0. The molecule has 0 aliphatic carbocycles. The molecule has 158 valence electrons. The van der Waals surface area contributed by atoms with Gasteiger partial charge in [0.2, 0.25) is 0 Å². The van der Waals surface area contributed by atoms with Crippen LogP contribution in [0.1, 0.15) is 18.3 Å². The molecule has 1 aliphatic rings. The molecule has 0 fully saturated rings. The first-order chi connectivity index (χ1) is 15.6.